The lowest BCUT2D eigenvalue weighted by atomic mass is 9.77. The van der Waals surface area contributed by atoms with E-state index in [1.54, 1.807) is 12.4 Å². The third-order valence-electron chi connectivity index (χ3n) is 8.37. The Bertz CT molecular complexity index is 2420. The molecule has 2 N–H and O–H groups in total. The fraction of sp³-hybridized carbons (Fsp3) is 0.100. The Morgan fingerprint density at radius 1 is 0.521 bits per heavy atom. The maximum Gasteiger partial charge on any atom is 0.488 e. The quantitative estimate of drug-likeness (QED) is 0.111. The zero-order valence-corrected chi connectivity index (χ0v) is 27.9. The highest BCUT2D eigenvalue weighted by Crippen LogP contribution is 2.32. The summed E-state index contributed by atoms with van der Waals surface area (Å²) in [4.78, 5) is 17.4. The summed E-state index contributed by atoms with van der Waals surface area (Å²) in [5.74, 6) is 0. The standard InChI is InChI=1S/C20H16N2.C12H7ClN2.C8H11BO2/c1-13-7-8-14(2)18(11-13)20-17-10-9-15-5-3-4-6-16(15)19(17)21-12-22-20;13-12-10-6-5-8-3-1-2-4-9(8)11(10)14-7-15-12;1-6-3-4-7(2)8(5-6)9(10)11/h3-12H,1-2H3;1-7H;3-5,10-11H,1-2H3. The molecule has 8 heteroatoms. The predicted octanol–water partition coefficient (Wildman–Crippen LogP) is 8.49. The van der Waals surface area contributed by atoms with Crippen LogP contribution in [0.4, 0.5) is 0 Å². The molecule has 0 bridgehead atoms. The minimum absolute atomic E-state index is 0.505. The van der Waals surface area contributed by atoms with Crippen LogP contribution in [-0.2, 0) is 0 Å². The van der Waals surface area contributed by atoms with E-state index >= 15 is 0 Å². The molecular weight excluding hydrogens is 615 g/mol. The molecule has 0 aliphatic heterocycles. The summed E-state index contributed by atoms with van der Waals surface area (Å²) < 4.78 is 0. The summed E-state index contributed by atoms with van der Waals surface area (Å²) in [5.41, 5.74) is 9.14. The van der Waals surface area contributed by atoms with Crippen molar-refractivity contribution in [3.8, 4) is 11.3 Å². The minimum Gasteiger partial charge on any atom is -0.423 e. The summed E-state index contributed by atoms with van der Waals surface area (Å²) >= 11 is 6.01. The van der Waals surface area contributed by atoms with Crippen LogP contribution in [0, 0.1) is 27.7 Å². The SMILES string of the molecule is Cc1ccc(C)c(-c2ncnc3c2ccc2ccccc23)c1.Cc1ccc(C)c(B(O)O)c1.Clc1ncnc2c1ccc1ccccc12. The van der Waals surface area contributed by atoms with Crippen molar-refractivity contribution in [2.75, 3.05) is 0 Å². The van der Waals surface area contributed by atoms with Gasteiger partial charge in [0.15, 0.2) is 0 Å². The molecule has 8 rings (SSSR count). The number of nitrogens with zero attached hydrogens (tertiary/aromatic N) is 4. The first-order valence-electron chi connectivity index (χ1n) is 15.6. The van der Waals surface area contributed by atoms with Crippen molar-refractivity contribution < 1.29 is 10.0 Å². The molecule has 0 spiro atoms. The summed E-state index contributed by atoms with van der Waals surface area (Å²) in [7, 11) is -1.35. The van der Waals surface area contributed by atoms with Gasteiger partial charge in [-0.15, -0.1) is 0 Å². The van der Waals surface area contributed by atoms with Gasteiger partial charge in [0, 0.05) is 27.1 Å². The molecule has 0 aliphatic carbocycles. The largest absolute Gasteiger partial charge is 0.488 e. The first kappa shape index (κ1) is 32.7. The average molecular weight is 649 g/mol. The number of hydrogen-bond acceptors (Lipinski definition) is 6. The molecule has 0 aliphatic rings. The van der Waals surface area contributed by atoms with Gasteiger partial charge in [0.2, 0.25) is 0 Å². The summed E-state index contributed by atoms with van der Waals surface area (Å²) in [6.45, 7) is 8.02. The van der Waals surface area contributed by atoms with E-state index in [9.17, 15) is 0 Å². The molecule has 0 unspecified atom stereocenters. The van der Waals surface area contributed by atoms with Crippen LogP contribution in [0.15, 0.2) is 122 Å². The molecule has 0 saturated heterocycles. The second-order valence-corrected chi connectivity index (χ2v) is 12.2. The fourth-order valence-electron chi connectivity index (χ4n) is 5.81. The summed E-state index contributed by atoms with van der Waals surface area (Å²) in [6, 6.07) is 36.8. The number of hydrogen-bond donors (Lipinski definition) is 2. The highest BCUT2D eigenvalue weighted by Gasteiger charge is 2.13. The number of aryl methyl sites for hydroxylation is 4. The van der Waals surface area contributed by atoms with Crippen LogP contribution in [0.5, 0.6) is 0 Å². The van der Waals surface area contributed by atoms with Crippen molar-refractivity contribution in [2.45, 2.75) is 27.7 Å². The van der Waals surface area contributed by atoms with Gasteiger partial charge < -0.3 is 10.0 Å². The molecule has 0 amide bonds. The van der Waals surface area contributed by atoms with Crippen molar-refractivity contribution in [3.05, 3.63) is 149 Å². The second kappa shape index (κ2) is 14.3. The maximum absolute atomic E-state index is 8.88. The number of rotatable bonds is 2. The van der Waals surface area contributed by atoms with E-state index in [1.165, 1.54) is 39.2 Å². The van der Waals surface area contributed by atoms with Gasteiger partial charge in [-0.3, -0.25) is 0 Å². The Morgan fingerprint density at radius 3 is 1.69 bits per heavy atom. The first-order valence-corrected chi connectivity index (χ1v) is 16.0. The molecule has 0 fully saturated rings. The predicted molar refractivity (Wildman–Crippen MR) is 200 cm³/mol. The van der Waals surface area contributed by atoms with Crippen LogP contribution in [0.1, 0.15) is 22.3 Å². The second-order valence-electron chi connectivity index (χ2n) is 11.8. The van der Waals surface area contributed by atoms with Crippen LogP contribution in [0.3, 0.4) is 0 Å². The van der Waals surface area contributed by atoms with Gasteiger partial charge in [-0.05, 0) is 67.7 Å². The van der Waals surface area contributed by atoms with Gasteiger partial charge in [0.25, 0.3) is 0 Å². The minimum atomic E-state index is -1.35. The smallest absolute Gasteiger partial charge is 0.423 e. The molecular formula is C40H34BClN4O2. The van der Waals surface area contributed by atoms with Crippen LogP contribution < -0.4 is 5.46 Å². The molecule has 48 heavy (non-hydrogen) atoms. The number of fused-ring (bicyclic) bond motifs is 6. The molecule has 0 radical (unpaired) electrons. The molecule has 0 atom stereocenters. The van der Waals surface area contributed by atoms with Crippen molar-refractivity contribution in [1.82, 2.24) is 19.9 Å². The van der Waals surface area contributed by atoms with Crippen LogP contribution in [-0.4, -0.2) is 37.1 Å². The Kier molecular flexibility index (Phi) is 9.73. The highest BCUT2D eigenvalue weighted by molar-refractivity contribution is 6.59. The van der Waals surface area contributed by atoms with E-state index in [0.717, 1.165) is 44.0 Å². The molecule has 2 aromatic heterocycles. The lowest BCUT2D eigenvalue weighted by Crippen LogP contribution is -2.32. The Morgan fingerprint density at radius 2 is 1.06 bits per heavy atom. The monoisotopic (exact) mass is 648 g/mol. The van der Waals surface area contributed by atoms with Gasteiger partial charge in [-0.2, -0.15) is 0 Å². The topological polar surface area (TPSA) is 92.0 Å². The van der Waals surface area contributed by atoms with Gasteiger partial charge >= 0.3 is 7.12 Å². The average Bonchev–Trinajstić information content (AvgIpc) is 3.10. The fourth-order valence-corrected chi connectivity index (χ4v) is 6.01. The lowest BCUT2D eigenvalue weighted by Gasteiger charge is -2.10. The normalized spacial score (nSPS) is 10.8. The van der Waals surface area contributed by atoms with E-state index in [0.29, 0.717) is 10.6 Å². The van der Waals surface area contributed by atoms with E-state index in [2.05, 4.69) is 94.4 Å². The molecule has 0 saturated carbocycles. The molecule has 2 heterocycles. The zero-order valence-electron chi connectivity index (χ0n) is 27.2. The van der Waals surface area contributed by atoms with Gasteiger partial charge in [-0.25, -0.2) is 19.9 Å². The number of aromatic nitrogens is 4. The zero-order chi connectivity index (χ0) is 33.8. The van der Waals surface area contributed by atoms with Crippen LogP contribution in [0.2, 0.25) is 5.15 Å². The van der Waals surface area contributed by atoms with Gasteiger partial charge in [-0.1, -0.05) is 119 Å². The molecule has 6 nitrogen and oxygen atoms in total. The Hall–Kier alpha value is -5.21. The Balaban J connectivity index is 0.000000134. The third kappa shape index (κ3) is 6.90. The van der Waals surface area contributed by atoms with Crippen molar-refractivity contribution in [2.24, 2.45) is 0 Å². The van der Waals surface area contributed by atoms with Crippen molar-refractivity contribution >= 4 is 67.5 Å². The maximum atomic E-state index is 8.88. The highest BCUT2D eigenvalue weighted by atomic mass is 35.5. The number of halogens is 1. The molecule has 8 aromatic rings. The number of benzene rings is 6. The summed E-state index contributed by atoms with van der Waals surface area (Å²) in [5, 5.41) is 24.9. The van der Waals surface area contributed by atoms with Crippen molar-refractivity contribution in [3.63, 3.8) is 0 Å². The molecule has 236 valence electrons. The summed E-state index contributed by atoms with van der Waals surface area (Å²) in [6.07, 6.45) is 3.17. The van der Waals surface area contributed by atoms with E-state index < -0.39 is 7.12 Å². The van der Waals surface area contributed by atoms with E-state index in [-0.39, 0.29) is 0 Å². The first-order chi connectivity index (χ1) is 23.2. The van der Waals surface area contributed by atoms with Crippen LogP contribution >= 0.6 is 11.6 Å². The van der Waals surface area contributed by atoms with Crippen molar-refractivity contribution in [1.29, 1.82) is 0 Å². The Labute approximate surface area is 284 Å². The van der Waals surface area contributed by atoms with Gasteiger partial charge in [0.05, 0.1) is 16.7 Å². The molecule has 6 aromatic carbocycles. The van der Waals surface area contributed by atoms with Gasteiger partial charge in [0.1, 0.15) is 17.8 Å². The lowest BCUT2D eigenvalue weighted by molar-refractivity contribution is 0.425. The third-order valence-corrected chi connectivity index (χ3v) is 8.67. The van der Waals surface area contributed by atoms with Crippen LogP contribution in [0.25, 0.3) is 54.6 Å². The van der Waals surface area contributed by atoms with E-state index in [4.69, 9.17) is 21.6 Å². The van der Waals surface area contributed by atoms with E-state index in [1.807, 2.05) is 56.3 Å².